The highest BCUT2D eigenvalue weighted by atomic mass is 16.7. The van der Waals surface area contributed by atoms with Crippen molar-refractivity contribution in [3.8, 4) is 11.5 Å². The van der Waals surface area contributed by atoms with Gasteiger partial charge in [-0.1, -0.05) is 24.3 Å². The highest BCUT2D eigenvalue weighted by Gasteiger charge is 2.31. The van der Waals surface area contributed by atoms with Crippen LogP contribution in [0.4, 0.5) is 0 Å². The van der Waals surface area contributed by atoms with Crippen LogP contribution in [0.15, 0.2) is 42.5 Å². The van der Waals surface area contributed by atoms with Crippen LogP contribution in [0.5, 0.6) is 11.5 Å². The number of nitrogens with one attached hydrogen (secondary N) is 2. The predicted octanol–water partition coefficient (Wildman–Crippen LogP) is 1.99. The number of carbonyl (C=O) groups excluding carboxylic acids is 2. The smallest absolute Gasteiger partial charge is 0.245 e. The van der Waals surface area contributed by atoms with Crippen molar-refractivity contribution in [2.75, 3.05) is 20.4 Å². The molecule has 0 saturated carbocycles. The molecule has 7 nitrogen and oxygen atoms in total. The van der Waals surface area contributed by atoms with Crippen LogP contribution >= 0.6 is 0 Å². The number of benzene rings is 2. The number of H-pyrrole nitrogens is 1. The van der Waals surface area contributed by atoms with Crippen molar-refractivity contribution in [3.63, 3.8) is 0 Å². The highest BCUT2D eigenvalue weighted by molar-refractivity contribution is 5.95. The van der Waals surface area contributed by atoms with E-state index in [2.05, 4.69) is 10.3 Å². The Kier molecular flexibility index (Phi) is 4.16. The molecule has 3 heterocycles. The summed E-state index contributed by atoms with van der Waals surface area (Å²) in [5.41, 5.74) is 4.17. The zero-order valence-corrected chi connectivity index (χ0v) is 16.0. The summed E-state index contributed by atoms with van der Waals surface area (Å²) >= 11 is 0. The fraction of sp³-hybridized carbons (Fsp3) is 0.273. The average molecular weight is 391 g/mol. The van der Waals surface area contributed by atoms with E-state index < -0.39 is 6.04 Å². The summed E-state index contributed by atoms with van der Waals surface area (Å²) in [5, 5.41) is 3.91. The SMILES string of the molecule is CN1CC(=O)N[C@H](Cc2c(Cc3ccc4c(c3)OCO4)[nH]c3ccccc23)C1=O. The Balaban J connectivity index is 1.50. The Morgan fingerprint density at radius 2 is 1.93 bits per heavy atom. The van der Waals surface area contributed by atoms with Crippen molar-refractivity contribution >= 4 is 22.7 Å². The van der Waals surface area contributed by atoms with Crippen LogP contribution in [0.25, 0.3) is 10.9 Å². The lowest BCUT2D eigenvalue weighted by Crippen LogP contribution is -2.57. The summed E-state index contributed by atoms with van der Waals surface area (Å²) in [5.74, 6) is 1.30. The third-order valence-electron chi connectivity index (χ3n) is 5.52. The minimum Gasteiger partial charge on any atom is -0.454 e. The Labute approximate surface area is 167 Å². The monoisotopic (exact) mass is 391 g/mol. The lowest BCUT2D eigenvalue weighted by Gasteiger charge is -2.29. The third kappa shape index (κ3) is 3.18. The van der Waals surface area contributed by atoms with Crippen molar-refractivity contribution in [1.82, 2.24) is 15.2 Å². The zero-order chi connectivity index (χ0) is 20.0. The molecule has 2 amide bonds. The second kappa shape index (κ2) is 6.84. The van der Waals surface area contributed by atoms with Gasteiger partial charge in [-0.3, -0.25) is 9.59 Å². The molecule has 0 bridgehead atoms. The van der Waals surface area contributed by atoms with Gasteiger partial charge in [0.25, 0.3) is 0 Å². The molecule has 0 aliphatic carbocycles. The first-order valence-electron chi connectivity index (χ1n) is 9.60. The van der Waals surface area contributed by atoms with E-state index in [0.29, 0.717) is 12.8 Å². The van der Waals surface area contributed by atoms with E-state index >= 15 is 0 Å². The van der Waals surface area contributed by atoms with E-state index in [-0.39, 0.29) is 25.2 Å². The molecule has 0 unspecified atom stereocenters. The number of ether oxygens (including phenoxy) is 2. The summed E-state index contributed by atoms with van der Waals surface area (Å²) < 4.78 is 10.9. The van der Waals surface area contributed by atoms with E-state index in [1.807, 2.05) is 42.5 Å². The average Bonchev–Trinajstić information content (AvgIpc) is 3.30. The predicted molar refractivity (Wildman–Crippen MR) is 107 cm³/mol. The fourth-order valence-corrected chi connectivity index (χ4v) is 4.10. The molecule has 5 rings (SSSR count). The number of amides is 2. The van der Waals surface area contributed by atoms with Gasteiger partial charge in [-0.15, -0.1) is 0 Å². The quantitative estimate of drug-likeness (QED) is 0.713. The molecule has 3 aromatic rings. The van der Waals surface area contributed by atoms with Crippen LogP contribution < -0.4 is 14.8 Å². The fourth-order valence-electron chi connectivity index (χ4n) is 4.10. The molecular formula is C22H21N3O4. The minimum absolute atomic E-state index is 0.0658. The normalized spacial score (nSPS) is 18.4. The molecular weight excluding hydrogens is 370 g/mol. The number of hydrogen-bond donors (Lipinski definition) is 2. The Morgan fingerprint density at radius 1 is 1.10 bits per heavy atom. The largest absolute Gasteiger partial charge is 0.454 e. The molecule has 148 valence electrons. The molecule has 1 aromatic heterocycles. The second-order valence-electron chi connectivity index (χ2n) is 7.51. The van der Waals surface area contributed by atoms with Gasteiger partial charge in [0.15, 0.2) is 11.5 Å². The molecule has 7 heteroatoms. The van der Waals surface area contributed by atoms with Gasteiger partial charge in [0.05, 0.1) is 6.54 Å². The number of nitrogens with zero attached hydrogens (tertiary/aromatic N) is 1. The van der Waals surface area contributed by atoms with Gasteiger partial charge in [0.2, 0.25) is 18.6 Å². The Bertz CT molecular complexity index is 1120. The first-order valence-corrected chi connectivity index (χ1v) is 9.60. The van der Waals surface area contributed by atoms with E-state index in [4.69, 9.17) is 9.47 Å². The molecule has 2 aliphatic rings. The summed E-state index contributed by atoms with van der Waals surface area (Å²) in [6, 6.07) is 13.4. The standard InChI is InChI=1S/C22H21N3O4/c1-25-11-21(26)24-18(22(25)27)10-15-14-4-2-3-5-16(14)23-17(15)8-13-6-7-19-20(9-13)29-12-28-19/h2-7,9,18,23H,8,10-12H2,1H3,(H,24,26)/t18-/m1/s1. The Morgan fingerprint density at radius 3 is 2.83 bits per heavy atom. The van der Waals surface area contributed by atoms with E-state index in [0.717, 1.165) is 39.2 Å². The van der Waals surface area contributed by atoms with Gasteiger partial charge in [-0.05, 0) is 29.3 Å². The van der Waals surface area contributed by atoms with Crippen LogP contribution in [-0.2, 0) is 22.4 Å². The molecule has 29 heavy (non-hydrogen) atoms. The van der Waals surface area contributed by atoms with E-state index in [1.165, 1.54) is 4.90 Å². The molecule has 0 spiro atoms. The number of fused-ring (bicyclic) bond motifs is 2. The van der Waals surface area contributed by atoms with Gasteiger partial charge >= 0.3 is 0 Å². The number of carbonyl (C=O) groups is 2. The van der Waals surface area contributed by atoms with Crippen molar-refractivity contribution in [3.05, 3.63) is 59.3 Å². The number of rotatable bonds is 4. The number of piperazine rings is 1. The van der Waals surface area contributed by atoms with Gasteiger partial charge < -0.3 is 24.7 Å². The molecule has 1 fully saturated rings. The summed E-state index contributed by atoms with van der Waals surface area (Å²) in [6.07, 6.45) is 1.10. The summed E-state index contributed by atoms with van der Waals surface area (Å²) in [4.78, 5) is 29.5. The number of likely N-dealkylation sites (N-methyl/N-ethyl adjacent to an activating group) is 1. The van der Waals surface area contributed by atoms with Crippen LogP contribution in [-0.4, -0.2) is 48.1 Å². The van der Waals surface area contributed by atoms with Gasteiger partial charge in [-0.25, -0.2) is 0 Å². The van der Waals surface area contributed by atoms with E-state index in [9.17, 15) is 9.59 Å². The second-order valence-corrected chi connectivity index (χ2v) is 7.51. The number of aromatic amines is 1. The molecule has 1 saturated heterocycles. The Hall–Kier alpha value is -3.48. The van der Waals surface area contributed by atoms with E-state index in [1.54, 1.807) is 7.05 Å². The zero-order valence-electron chi connectivity index (χ0n) is 16.0. The topological polar surface area (TPSA) is 83.7 Å². The van der Waals surface area contributed by atoms with Crippen molar-refractivity contribution in [2.45, 2.75) is 18.9 Å². The van der Waals surface area contributed by atoms with Crippen molar-refractivity contribution in [2.24, 2.45) is 0 Å². The van der Waals surface area contributed by atoms with Crippen molar-refractivity contribution < 1.29 is 19.1 Å². The summed E-state index contributed by atoms with van der Waals surface area (Å²) in [6.45, 7) is 0.348. The molecule has 1 atom stereocenters. The highest BCUT2D eigenvalue weighted by Crippen LogP contribution is 2.34. The van der Waals surface area contributed by atoms with Gasteiger partial charge in [0.1, 0.15) is 6.04 Å². The number of aromatic nitrogens is 1. The van der Waals surface area contributed by atoms with Gasteiger partial charge in [0, 0.05) is 36.5 Å². The maximum absolute atomic E-state index is 12.6. The summed E-state index contributed by atoms with van der Waals surface area (Å²) in [7, 11) is 1.66. The van der Waals surface area contributed by atoms with Gasteiger partial charge in [-0.2, -0.15) is 0 Å². The number of para-hydroxylation sites is 1. The molecule has 2 aliphatic heterocycles. The van der Waals surface area contributed by atoms with Crippen LogP contribution in [0.3, 0.4) is 0 Å². The van der Waals surface area contributed by atoms with Crippen LogP contribution in [0.2, 0.25) is 0 Å². The first-order chi connectivity index (χ1) is 14.1. The maximum atomic E-state index is 12.6. The minimum atomic E-state index is -0.559. The maximum Gasteiger partial charge on any atom is 0.245 e. The van der Waals surface area contributed by atoms with Crippen LogP contribution in [0.1, 0.15) is 16.8 Å². The molecule has 2 aromatic carbocycles. The third-order valence-corrected chi connectivity index (χ3v) is 5.52. The van der Waals surface area contributed by atoms with Crippen molar-refractivity contribution in [1.29, 1.82) is 0 Å². The van der Waals surface area contributed by atoms with Crippen LogP contribution in [0, 0.1) is 0 Å². The first kappa shape index (κ1) is 17.6. The molecule has 0 radical (unpaired) electrons. The number of hydrogen-bond acceptors (Lipinski definition) is 4. The molecule has 2 N–H and O–H groups in total. The lowest BCUT2D eigenvalue weighted by atomic mass is 9.97. The lowest BCUT2D eigenvalue weighted by molar-refractivity contribution is -0.142.